The van der Waals surface area contributed by atoms with Crippen LogP contribution in [-0.4, -0.2) is 14.8 Å². The van der Waals surface area contributed by atoms with E-state index < -0.39 is 0 Å². The second-order valence-electron chi connectivity index (χ2n) is 8.14. The first-order chi connectivity index (χ1) is 11.8. The molecule has 1 aliphatic rings. The van der Waals surface area contributed by atoms with Gasteiger partial charge in [0.05, 0.1) is 5.69 Å². The maximum absolute atomic E-state index is 5.94. The van der Waals surface area contributed by atoms with E-state index >= 15 is 0 Å². The Labute approximate surface area is 148 Å². The average Bonchev–Trinajstić information content (AvgIpc) is 3.03. The molecule has 0 radical (unpaired) electrons. The van der Waals surface area contributed by atoms with E-state index in [-0.39, 0.29) is 5.41 Å². The van der Waals surface area contributed by atoms with Gasteiger partial charge < -0.3 is 9.73 Å². The van der Waals surface area contributed by atoms with Crippen LogP contribution in [-0.2, 0) is 20.0 Å². The van der Waals surface area contributed by atoms with Crippen molar-refractivity contribution in [1.29, 1.82) is 0 Å². The van der Waals surface area contributed by atoms with Gasteiger partial charge in [-0.15, -0.1) is 0 Å². The van der Waals surface area contributed by atoms with Gasteiger partial charge in [-0.3, -0.25) is 4.68 Å². The number of furan rings is 1. The van der Waals surface area contributed by atoms with E-state index in [0.717, 1.165) is 47.6 Å². The minimum atomic E-state index is 0.247. The molecule has 1 atom stereocenters. The molecule has 0 amide bonds. The third-order valence-corrected chi connectivity index (χ3v) is 5.21. The average molecular weight is 338 g/mol. The number of pyridine rings is 1. The Morgan fingerprint density at radius 1 is 1.32 bits per heavy atom. The molecule has 4 rings (SSSR count). The van der Waals surface area contributed by atoms with Gasteiger partial charge in [-0.2, -0.15) is 5.10 Å². The summed E-state index contributed by atoms with van der Waals surface area (Å²) in [4.78, 5) is 4.58. The molecule has 3 aromatic rings. The van der Waals surface area contributed by atoms with Crippen LogP contribution < -0.4 is 5.32 Å². The van der Waals surface area contributed by atoms with Gasteiger partial charge in [0.1, 0.15) is 11.5 Å². The van der Waals surface area contributed by atoms with Crippen LogP contribution in [0.4, 0.5) is 0 Å². The van der Waals surface area contributed by atoms with Gasteiger partial charge in [0.25, 0.3) is 0 Å². The van der Waals surface area contributed by atoms with E-state index in [2.05, 4.69) is 41.4 Å². The number of rotatable bonds is 3. The highest BCUT2D eigenvalue weighted by Crippen LogP contribution is 2.42. The molecule has 0 aromatic carbocycles. The molecule has 5 heteroatoms. The monoisotopic (exact) mass is 338 g/mol. The number of nitrogens with one attached hydrogen (secondary N) is 1. The molecule has 3 heterocycles. The molecule has 0 saturated heterocycles. The molecule has 0 bridgehead atoms. The molecular formula is C20H26N4O. The summed E-state index contributed by atoms with van der Waals surface area (Å²) < 4.78 is 7.78. The number of aromatic nitrogens is 3. The predicted octanol–water partition coefficient (Wildman–Crippen LogP) is 3.98. The highest BCUT2D eigenvalue weighted by molar-refractivity contribution is 5.78. The molecule has 0 saturated carbocycles. The number of hydrogen-bond acceptors (Lipinski definition) is 4. The van der Waals surface area contributed by atoms with Gasteiger partial charge in [0.15, 0.2) is 5.65 Å². The standard InChI is InChI=1S/C20H26N4O/c1-12-6-16-17(8-20(3,4)9-18(16)25-12)21-10-14-7-15-13(2)23-24(5)19(15)22-11-14/h6-7,11,17,21H,8-10H2,1-5H3. The summed E-state index contributed by atoms with van der Waals surface area (Å²) in [6, 6.07) is 4.71. The topological polar surface area (TPSA) is 55.9 Å². The quantitative estimate of drug-likeness (QED) is 0.785. The molecule has 1 unspecified atom stereocenters. The molecule has 0 spiro atoms. The lowest BCUT2D eigenvalue weighted by molar-refractivity contribution is 0.233. The summed E-state index contributed by atoms with van der Waals surface area (Å²) in [6.45, 7) is 9.49. The van der Waals surface area contributed by atoms with E-state index in [4.69, 9.17) is 4.42 Å². The van der Waals surface area contributed by atoms with Crippen LogP contribution in [0.5, 0.6) is 0 Å². The fourth-order valence-corrected chi connectivity index (χ4v) is 4.06. The third-order valence-electron chi connectivity index (χ3n) is 5.21. The normalized spacial score (nSPS) is 19.3. The molecule has 0 aliphatic heterocycles. The second kappa shape index (κ2) is 5.70. The summed E-state index contributed by atoms with van der Waals surface area (Å²) in [5.74, 6) is 2.14. The maximum atomic E-state index is 5.94. The first kappa shape index (κ1) is 16.3. The van der Waals surface area contributed by atoms with Gasteiger partial charge in [-0.25, -0.2) is 4.98 Å². The highest BCUT2D eigenvalue weighted by Gasteiger charge is 2.34. The lowest BCUT2D eigenvalue weighted by Crippen LogP contribution is -2.32. The molecule has 25 heavy (non-hydrogen) atoms. The van der Waals surface area contributed by atoms with Crippen LogP contribution in [0.15, 0.2) is 22.7 Å². The maximum Gasteiger partial charge on any atom is 0.157 e. The van der Waals surface area contributed by atoms with Gasteiger partial charge in [-0.05, 0) is 43.4 Å². The molecule has 132 valence electrons. The Morgan fingerprint density at radius 3 is 2.92 bits per heavy atom. The van der Waals surface area contributed by atoms with E-state index in [1.54, 1.807) is 0 Å². The van der Waals surface area contributed by atoms with Crippen LogP contribution in [0.2, 0.25) is 0 Å². The smallest absolute Gasteiger partial charge is 0.157 e. The Morgan fingerprint density at radius 2 is 2.12 bits per heavy atom. The van der Waals surface area contributed by atoms with Crippen molar-refractivity contribution in [2.75, 3.05) is 0 Å². The molecule has 1 aliphatic carbocycles. The molecule has 3 aromatic heterocycles. The van der Waals surface area contributed by atoms with Crippen molar-refractivity contribution in [1.82, 2.24) is 20.1 Å². The van der Waals surface area contributed by atoms with Crippen molar-refractivity contribution < 1.29 is 4.42 Å². The van der Waals surface area contributed by atoms with Crippen LogP contribution in [0, 0.1) is 19.3 Å². The largest absolute Gasteiger partial charge is 0.466 e. The Kier molecular flexibility index (Phi) is 3.72. The van der Waals surface area contributed by atoms with Crippen LogP contribution >= 0.6 is 0 Å². The number of hydrogen-bond donors (Lipinski definition) is 1. The van der Waals surface area contributed by atoms with Crippen molar-refractivity contribution >= 4 is 11.0 Å². The van der Waals surface area contributed by atoms with Crippen molar-refractivity contribution in [3.05, 3.63) is 46.7 Å². The zero-order valence-corrected chi connectivity index (χ0v) is 15.7. The fraction of sp³-hybridized carbons (Fsp3) is 0.500. The van der Waals surface area contributed by atoms with E-state index in [0.29, 0.717) is 6.04 Å². The highest BCUT2D eigenvalue weighted by atomic mass is 16.3. The van der Waals surface area contributed by atoms with Crippen molar-refractivity contribution in [3.8, 4) is 0 Å². The van der Waals surface area contributed by atoms with Gasteiger partial charge in [0.2, 0.25) is 0 Å². The number of fused-ring (bicyclic) bond motifs is 2. The van der Waals surface area contributed by atoms with Crippen LogP contribution in [0.1, 0.15) is 54.7 Å². The summed E-state index contributed by atoms with van der Waals surface area (Å²) in [7, 11) is 1.94. The second-order valence-corrected chi connectivity index (χ2v) is 8.14. The molecular weight excluding hydrogens is 312 g/mol. The summed E-state index contributed by atoms with van der Waals surface area (Å²) in [6.07, 6.45) is 4.07. The van der Waals surface area contributed by atoms with Crippen molar-refractivity contribution in [3.63, 3.8) is 0 Å². The number of nitrogens with zero attached hydrogens (tertiary/aromatic N) is 3. The first-order valence-electron chi connectivity index (χ1n) is 8.93. The van der Waals surface area contributed by atoms with E-state index in [1.165, 1.54) is 11.1 Å². The van der Waals surface area contributed by atoms with Gasteiger partial charge in [0, 0.05) is 43.2 Å². The van der Waals surface area contributed by atoms with Crippen LogP contribution in [0.3, 0.4) is 0 Å². The van der Waals surface area contributed by atoms with Gasteiger partial charge in [-0.1, -0.05) is 13.8 Å². The molecule has 5 nitrogen and oxygen atoms in total. The van der Waals surface area contributed by atoms with Crippen LogP contribution in [0.25, 0.3) is 11.0 Å². The SMILES string of the molecule is Cc1cc2c(o1)CC(C)(C)CC2NCc1cnc2c(c1)c(C)nn2C. The zero-order valence-electron chi connectivity index (χ0n) is 15.7. The zero-order chi connectivity index (χ0) is 17.8. The Hall–Kier alpha value is -2.14. The first-order valence-corrected chi connectivity index (χ1v) is 8.93. The summed E-state index contributed by atoms with van der Waals surface area (Å²) in [5.41, 5.74) is 4.72. The van der Waals surface area contributed by atoms with Crippen molar-refractivity contribution in [2.45, 2.75) is 53.1 Å². The van der Waals surface area contributed by atoms with E-state index in [9.17, 15) is 0 Å². The van der Waals surface area contributed by atoms with Crippen molar-refractivity contribution in [2.24, 2.45) is 12.5 Å². The minimum Gasteiger partial charge on any atom is -0.466 e. The summed E-state index contributed by atoms with van der Waals surface area (Å²) in [5, 5.41) is 9.31. The lowest BCUT2D eigenvalue weighted by atomic mass is 9.74. The summed E-state index contributed by atoms with van der Waals surface area (Å²) >= 11 is 0. The fourth-order valence-electron chi connectivity index (χ4n) is 4.06. The molecule has 1 N–H and O–H groups in total. The third kappa shape index (κ3) is 2.97. The minimum absolute atomic E-state index is 0.247. The lowest BCUT2D eigenvalue weighted by Gasteiger charge is -2.34. The number of aryl methyl sites for hydroxylation is 3. The molecule has 0 fully saturated rings. The van der Waals surface area contributed by atoms with Gasteiger partial charge >= 0.3 is 0 Å². The Bertz CT molecular complexity index is 935. The van der Waals surface area contributed by atoms with E-state index in [1.807, 2.05) is 31.8 Å². The predicted molar refractivity (Wildman–Crippen MR) is 98.4 cm³/mol. The Balaban J connectivity index is 1.57.